The molecule has 0 aliphatic carbocycles. The van der Waals surface area contributed by atoms with Gasteiger partial charge in [0.25, 0.3) is 0 Å². The molecular formula is C13H7F11O. The topological polar surface area (TPSA) is 9.23 Å². The van der Waals surface area contributed by atoms with Crippen molar-refractivity contribution in [2.75, 3.05) is 0 Å². The van der Waals surface area contributed by atoms with E-state index in [1.165, 1.54) is 19.1 Å². The predicted octanol–water partition coefficient (Wildman–Crippen LogP) is 5.95. The molecular weight excluding hydrogens is 381 g/mol. The van der Waals surface area contributed by atoms with Crippen LogP contribution in [0.15, 0.2) is 36.1 Å². The van der Waals surface area contributed by atoms with Crippen LogP contribution in [0, 0.1) is 6.92 Å². The molecule has 0 aliphatic heterocycles. The number of aryl methyl sites for hydroxylation is 1. The fraction of sp³-hybridized carbons (Fsp3) is 0.385. The summed E-state index contributed by atoms with van der Waals surface area (Å²) in [4.78, 5) is 0. The number of halogens is 11. The molecule has 0 aliphatic rings. The molecule has 0 heterocycles. The number of allylic oxidation sites excluding steroid dienone is 1. The molecule has 0 saturated heterocycles. The molecule has 0 amide bonds. The van der Waals surface area contributed by atoms with Gasteiger partial charge in [-0.2, -0.15) is 48.3 Å². The molecule has 1 aromatic carbocycles. The smallest absolute Gasteiger partial charge is 0.429 e. The number of hydrogen-bond donors (Lipinski definition) is 0. The van der Waals surface area contributed by atoms with Gasteiger partial charge in [0.05, 0.1) is 0 Å². The molecule has 1 aromatic rings. The van der Waals surface area contributed by atoms with Crippen LogP contribution in [0.4, 0.5) is 48.3 Å². The second-order valence-corrected chi connectivity index (χ2v) is 4.68. The van der Waals surface area contributed by atoms with Crippen LogP contribution in [0.3, 0.4) is 0 Å². The van der Waals surface area contributed by atoms with Crippen molar-refractivity contribution >= 4 is 0 Å². The van der Waals surface area contributed by atoms with E-state index in [0.29, 0.717) is 0 Å². The summed E-state index contributed by atoms with van der Waals surface area (Å²) in [6, 6.07) is 1.47. The van der Waals surface area contributed by atoms with E-state index >= 15 is 0 Å². The van der Waals surface area contributed by atoms with Crippen molar-refractivity contribution in [2.45, 2.75) is 30.9 Å². The second kappa shape index (κ2) is 6.37. The molecule has 142 valence electrons. The monoisotopic (exact) mass is 388 g/mol. The Morgan fingerprint density at radius 3 is 1.72 bits per heavy atom. The summed E-state index contributed by atoms with van der Waals surface area (Å²) >= 11 is 0. The minimum atomic E-state index is -7.34. The summed E-state index contributed by atoms with van der Waals surface area (Å²) in [5, 5.41) is 0. The average Bonchev–Trinajstić information content (AvgIpc) is 2.47. The Morgan fingerprint density at radius 1 is 0.800 bits per heavy atom. The van der Waals surface area contributed by atoms with E-state index < -0.39 is 41.5 Å². The van der Waals surface area contributed by atoms with E-state index in [9.17, 15) is 48.3 Å². The zero-order valence-electron chi connectivity index (χ0n) is 11.9. The fourth-order valence-electron chi connectivity index (χ4n) is 1.45. The zero-order valence-corrected chi connectivity index (χ0v) is 11.9. The lowest BCUT2D eigenvalue weighted by Crippen LogP contribution is -2.61. The molecule has 0 radical (unpaired) electrons. The van der Waals surface area contributed by atoms with Crippen LogP contribution in [0.2, 0.25) is 0 Å². The van der Waals surface area contributed by atoms with Crippen molar-refractivity contribution in [1.82, 2.24) is 0 Å². The molecule has 0 spiro atoms. The Hall–Kier alpha value is -2.01. The predicted molar refractivity (Wildman–Crippen MR) is 61.9 cm³/mol. The first kappa shape index (κ1) is 21.0. The van der Waals surface area contributed by atoms with E-state index in [1.807, 2.05) is 0 Å². The molecule has 0 fully saturated rings. The average molecular weight is 388 g/mol. The van der Waals surface area contributed by atoms with Crippen molar-refractivity contribution in [1.29, 1.82) is 0 Å². The van der Waals surface area contributed by atoms with Gasteiger partial charge in [-0.3, -0.25) is 0 Å². The maximum absolute atomic E-state index is 13.3. The molecule has 1 nitrogen and oxygen atoms in total. The molecule has 0 unspecified atom stereocenters. The van der Waals surface area contributed by atoms with Crippen LogP contribution in [0.5, 0.6) is 5.75 Å². The maximum atomic E-state index is 13.3. The van der Waals surface area contributed by atoms with Crippen molar-refractivity contribution in [3.8, 4) is 5.75 Å². The van der Waals surface area contributed by atoms with Gasteiger partial charge in [-0.25, -0.2) is 0 Å². The summed E-state index contributed by atoms with van der Waals surface area (Å²) in [6.45, 7) is 1.20. The fourth-order valence-corrected chi connectivity index (χ4v) is 1.45. The van der Waals surface area contributed by atoms with Crippen molar-refractivity contribution in [3.63, 3.8) is 0 Å². The van der Waals surface area contributed by atoms with Crippen molar-refractivity contribution in [2.24, 2.45) is 0 Å². The summed E-state index contributed by atoms with van der Waals surface area (Å²) in [5.74, 6) is -26.1. The number of ether oxygens (including phenoxy) is 1. The van der Waals surface area contributed by atoms with Crippen LogP contribution in [0.1, 0.15) is 5.56 Å². The van der Waals surface area contributed by atoms with Crippen molar-refractivity contribution in [3.05, 3.63) is 41.7 Å². The number of alkyl halides is 9. The lowest BCUT2D eigenvalue weighted by atomic mass is 10.0. The third-order valence-corrected chi connectivity index (χ3v) is 2.89. The lowest BCUT2D eigenvalue weighted by Gasteiger charge is -2.32. The van der Waals surface area contributed by atoms with Gasteiger partial charge in [-0.15, -0.1) is 0 Å². The van der Waals surface area contributed by atoms with Crippen LogP contribution in [-0.4, -0.2) is 23.9 Å². The van der Waals surface area contributed by atoms with Gasteiger partial charge in [0.1, 0.15) is 5.75 Å². The highest BCUT2D eigenvalue weighted by molar-refractivity contribution is 5.33. The Morgan fingerprint density at radius 2 is 1.28 bits per heavy atom. The molecule has 0 atom stereocenters. The Balaban J connectivity index is 3.33. The van der Waals surface area contributed by atoms with Gasteiger partial charge in [0.2, 0.25) is 5.83 Å². The maximum Gasteiger partial charge on any atom is 0.460 e. The van der Waals surface area contributed by atoms with E-state index in [2.05, 4.69) is 4.74 Å². The van der Waals surface area contributed by atoms with Gasteiger partial charge >= 0.3 is 30.0 Å². The Labute approximate surface area is 132 Å². The first-order chi connectivity index (χ1) is 11.1. The van der Waals surface area contributed by atoms with E-state index in [-0.39, 0.29) is 5.56 Å². The van der Waals surface area contributed by atoms with Crippen LogP contribution < -0.4 is 4.74 Å². The summed E-state index contributed by atoms with van der Waals surface area (Å²) in [7, 11) is 0. The minimum absolute atomic E-state index is 0.00106. The molecule has 0 N–H and O–H groups in total. The first-order valence-corrected chi connectivity index (χ1v) is 6.06. The molecule has 12 heteroatoms. The standard InChI is InChI=1S/C13H7F11O/c1-6-4-2-3-5-7(6)25-9(15)8(14)10(16,17)11(18,19)12(20,21)13(22,23)24/h2-5H,1H3. The van der Waals surface area contributed by atoms with E-state index in [1.54, 1.807) is 0 Å². The third kappa shape index (κ3) is 3.52. The minimum Gasteiger partial charge on any atom is -0.429 e. The molecule has 1 rings (SSSR count). The summed E-state index contributed by atoms with van der Waals surface area (Å²) < 4.78 is 144. The Kier molecular flexibility index (Phi) is 5.36. The van der Waals surface area contributed by atoms with Gasteiger partial charge in [-0.1, -0.05) is 18.2 Å². The normalized spacial score (nSPS) is 15.0. The quantitative estimate of drug-likeness (QED) is 0.448. The number of rotatable bonds is 5. The second-order valence-electron chi connectivity index (χ2n) is 4.68. The van der Waals surface area contributed by atoms with Gasteiger partial charge in [0, 0.05) is 0 Å². The summed E-state index contributed by atoms with van der Waals surface area (Å²) in [5.41, 5.74) is 0.00106. The molecule has 25 heavy (non-hydrogen) atoms. The first-order valence-electron chi connectivity index (χ1n) is 6.06. The van der Waals surface area contributed by atoms with Crippen LogP contribution in [-0.2, 0) is 0 Å². The number of para-hydroxylation sites is 1. The van der Waals surface area contributed by atoms with Gasteiger partial charge in [-0.05, 0) is 18.6 Å². The Bertz CT molecular complexity index is 660. The number of hydrogen-bond acceptors (Lipinski definition) is 1. The molecule has 0 bridgehead atoms. The highest BCUT2D eigenvalue weighted by Gasteiger charge is 2.83. The van der Waals surface area contributed by atoms with Crippen molar-refractivity contribution < 1.29 is 53.0 Å². The van der Waals surface area contributed by atoms with Crippen LogP contribution in [0.25, 0.3) is 0 Å². The van der Waals surface area contributed by atoms with E-state index in [4.69, 9.17) is 0 Å². The van der Waals surface area contributed by atoms with Crippen LogP contribution >= 0.6 is 0 Å². The largest absolute Gasteiger partial charge is 0.460 e. The SMILES string of the molecule is Cc1ccccc1OC(F)=C(F)C(F)(F)C(F)(F)C(F)(F)C(F)(F)F. The van der Waals surface area contributed by atoms with E-state index in [0.717, 1.165) is 12.1 Å². The molecule has 0 aromatic heterocycles. The molecule has 0 saturated carbocycles. The lowest BCUT2D eigenvalue weighted by molar-refractivity contribution is -0.392. The summed E-state index contributed by atoms with van der Waals surface area (Å²) in [6.07, 6.45) is -7.15. The highest BCUT2D eigenvalue weighted by atomic mass is 19.4. The highest BCUT2D eigenvalue weighted by Crippen LogP contribution is 2.55. The number of benzene rings is 1. The third-order valence-electron chi connectivity index (χ3n) is 2.89. The van der Waals surface area contributed by atoms with Gasteiger partial charge in [0.15, 0.2) is 0 Å². The van der Waals surface area contributed by atoms with Gasteiger partial charge < -0.3 is 4.74 Å². The zero-order chi connectivity index (χ0) is 19.8.